The zero-order valence-corrected chi connectivity index (χ0v) is 14.2. The summed E-state index contributed by atoms with van der Waals surface area (Å²) in [5, 5.41) is 12.6. The zero-order chi connectivity index (χ0) is 16.9. The lowest BCUT2D eigenvalue weighted by molar-refractivity contribution is -0.127. The van der Waals surface area contributed by atoms with E-state index in [4.69, 9.17) is 11.6 Å². The first-order chi connectivity index (χ1) is 11.7. The number of hydrogen-bond donors (Lipinski definition) is 0. The van der Waals surface area contributed by atoms with Gasteiger partial charge in [-0.05, 0) is 47.7 Å². The third kappa shape index (κ3) is 3.80. The number of tetrazole rings is 1. The molecule has 0 spiro atoms. The van der Waals surface area contributed by atoms with Crippen LogP contribution in [-0.2, 0) is 11.3 Å². The second kappa shape index (κ2) is 7.55. The summed E-state index contributed by atoms with van der Waals surface area (Å²) >= 11 is 5.92. The standard InChI is InChI=1S/C16H19ClN6O/c1-2-3-16(24)22-10-8-21(9-11-22)12-15-18-19-20-23(15)14-6-4-13(17)5-7-14/h2-7H,8-12H2,1H3. The highest BCUT2D eigenvalue weighted by molar-refractivity contribution is 6.30. The zero-order valence-electron chi connectivity index (χ0n) is 13.5. The molecule has 0 unspecified atom stereocenters. The highest BCUT2D eigenvalue weighted by Crippen LogP contribution is 2.15. The Bertz CT molecular complexity index is 718. The Morgan fingerprint density at radius 2 is 1.92 bits per heavy atom. The van der Waals surface area contributed by atoms with Gasteiger partial charge in [-0.3, -0.25) is 9.69 Å². The molecule has 1 saturated heterocycles. The Balaban J connectivity index is 1.63. The molecule has 126 valence electrons. The van der Waals surface area contributed by atoms with Crippen LogP contribution in [0, 0.1) is 0 Å². The molecule has 0 bridgehead atoms. The van der Waals surface area contributed by atoms with E-state index in [0.717, 1.165) is 24.6 Å². The molecule has 0 aliphatic carbocycles. The molecule has 0 atom stereocenters. The molecule has 1 aliphatic rings. The normalized spacial score (nSPS) is 16.0. The van der Waals surface area contributed by atoms with Crippen LogP contribution in [0.2, 0.25) is 5.02 Å². The van der Waals surface area contributed by atoms with Gasteiger partial charge < -0.3 is 4.90 Å². The summed E-state index contributed by atoms with van der Waals surface area (Å²) in [7, 11) is 0. The van der Waals surface area contributed by atoms with Crippen LogP contribution in [-0.4, -0.2) is 62.1 Å². The fourth-order valence-corrected chi connectivity index (χ4v) is 2.79. The summed E-state index contributed by atoms with van der Waals surface area (Å²) < 4.78 is 1.72. The third-order valence-electron chi connectivity index (χ3n) is 3.96. The number of amides is 1. The molecule has 1 aromatic heterocycles. The second-order valence-corrected chi connectivity index (χ2v) is 6.02. The first kappa shape index (κ1) is 16.6. The molecule has 3 rings (SSSR count). The summed E-state index contributed by atoms with van der Waals surface area (Å²) in [4.78, 5) is 16.0. The van der Waals surface area contributed by atoms with Gasteiger partial charge in [-0.25, -0.2) is 0 Å². The maximum atomic E-state index is 11.9. The smallest absolute Gasteiger partial charge is 0.246 e. The average molecular weight is 347 g/mol. The summed E-state index contributed by atoms with van der Waals surface area (Å²) in [6.07, 6.45) is 3.38. The van der Waals surface area contributed by atoms with Gasteiger partial charge in [-0.2, -0.15) is 4.68 Å². The van der Waals surface area contributed by atoms with E-state index in [-0.39, 0.29) is 5.91 Å². The maximum Gasteiger partial charge on any atom is 0.246 e. The number of rotatable bonds is 4. The molecule has 1 aliphatic heterocycles. The van der Waals surface area contributed by atoms with Gasteiger partial charge in [0.15, 0.2) is 5.82 Å². The average Bonchev–Trinajstić information content (AvgIpc) is 3.04. The largest absolute Gasteiger partial charge is 0.337 e. The molecule has 2 aromatic rings. The SMILES string of the molecule is CC=CC(=O)N1CCN(Cc2nnnn2-c2ccc(Cl)cc2)CC1. The summed E-state index contributed by atoms with van der Waals surface area (Å²) in [5.74, 6) is 0.841. The Hall–Kier alpha value is -2.25. The van der Waals surface area contributed by atoms with E-state index in [1.165, 1.54) is 0 Å². The molecular weight excluding hydrogens is 328 g/mol. The first-order valence-corrected chi connectivity index (χ1v) is 8.22. The molecule has 0 saturated carbocycles. The molecule has 1 aromatic carbocycles. The summed E-state index contributed by atoms with van der Waals surface area (Å²) in [6.45, 7) is 5.52. The van der Waals surface area contributed by atoms with E-state index in [0.29, 0.717) is 24.7 Å². The van der Waals surface area contributed by atoms with Gasteiger partial charge in [0.25, 0.3) is 0 Å². The summed E-state index contributed by atoms with van der Waals surface area (Å²) in [5.41, 5.74) is 0.876. The molecule has 8 heteroatoms. The van der Waals surface area contributed by atoms with Crippen molar-refractivity contribution >= 4 is 17.5 Å². The molecule has 24 heavy (non-hydrogen) atoms. The number of nitrogens with zero attached hydrogens (tertiary/aromatic N) is 6. The lowest BCUT2D eigenvalue weighted by atomic mass is 10.3. The van der Waals surface area contributed by atoms with E-state index >= 15 is 0 Å². The van der Waals surface area contributed by atoms with Gasteiger partial charge in [0.1, 0.15) is 0 Å². The minimum Gasteiger partial charge on any atom is -0.337 e. The van der Waals surface area contributed by atoms with Crippen LogP contribution in [0.25, 0.3) is 5.69 Å². The summed E-state index contributed by atoms with van der Waals surface area (Å²) in [6, 6.07) is 7.40. The number of carbonyl (C=O) groups is 1. The molecule has 1 amide bonds. The van der Waals surface area contributed by atoms with E-state index in [1.807, 2.05) is 36.1 Å². The van der Waals surface area contributed by atoms with Crippen LogP contribution in [0.1, 0.15) is 12.7 Å². The van der Waals surface area contributed by atoms with Crippen LogP contribution in [0.5, 0.6) is 0 Å². The molecular formula is C16H19ClN6O. The number of allylic oxidation sites excluding steroid dienone is 1. The molecule has 2 heterocycles. The Kier molecular flexibility index (Phi) is 5.22. The highest BCUT2D eigenvalue weighted by Gasteiger charge is 2.21. The number of piperazine rings is 1. The Labute approximate surface area is 145 Å². The fourth-order valence-electron chi connectivity index (χ4n) is 2.66. The van der Waals surface area contributed by atoms with Gasteiger partial charge in [-0.1, -0.05) is 17.7 Å². The number of aromatic nitrogens is 4. The van der Waals surface area contributed by atoms with Crippen molar-refractivity contribution in [2.24, 2.45) is 0 Å². The fraction of sp³-hybridized carbons (Fsp3) is 0.375. The number of carbonyl (C=O) groups excluding carboxylic acids is 1. The molecule has 7 nitrogen and oxygen atoms in total. The third-order valence-corrected chi connectivity index (χ3v) is 4.22. The van der Waals surface area contributed by atoms with E-state index in [9.17, 15) is 4.79 Å². The quantitative estimate of drug-likeness (QED) is 0.785. The molecule has 0 radical (unpaired) electrons. The van der Waals surface area contributed by atoms with Crippen LogP contribution in [0.15, 0.2) is 36.4 Å². The number of hydrogen-bond acceptors (Lipinski definition) is 5. The predicted molar refractivity (Wildman–Crippen MR) is 90.8 cm³/mol. The van der Waals surface area contributed by atoms with Crippen molar-refractivity contribution in [3.8, 4) is 5.69 Å². The van der Waals surface area contributed by atoms with Crippen LogP contribution >= 0.6 is 11.6 Å². The van der Waals surface area contributed by atoms with E-state index in [2.05, 4.69) is 20.4 Å². The Morgan fingerprint density at radius 3 is 2.58 bits per heavy atom. The van der Waals surface area contributed by atoms with Crippen molar-refractivity contribution in [3.63, 3.8) is 0 Å². The maximum absolute atomic E-state index is 11.9. The van der Waals surface area contributed by atoms with Gasteiger partial charge in [0.05, 0.1) is 12.2 Å². The van der Waals surface area contributed by atoms with E-state index in [1.54, 1.807) is 16.8 Å². The lowest BCUT2D eigenvalue weighted by Gasteiger charge is -2.33. The molecule has 0 N–H and O–H groups in total. The van der Waals surface area contributed by atoms with Crippen molar-refractivity contribution in [2.75, 3.05) is 26.2 Å². The lowest BCUT2D eigenvalue weighted by Crippen LogP contribution is -2.48. The highest BCUT2D eigenvalue weighted by atomic mass is 35.5. The van der Waals surface area contributed by atoms with Crippen molar-refractivity contribution in [3.05, 3.63) is 47.3 Å². The van der Waals surface area contributed by atoms with Crippen molar-refractivity contribution in [1.29, 1.82) is 0 Å². The van der Waals surface area contributed by atoms with Crippen LogP contribution in [0.4, 0.5) is 0 Å². The van der Waals surface area contributed by atoms with E-state index < -0.39 is 0 Å². The van der Waals surface area contributed by atoms with Gasteiger partial charge >= 0.3 is 0 Å². The predicted octanol–water partition coefficient (Wildman–Crippen LogP) is 1.54. The number of halogens is 1. The molecule has 1 fully saturated rings. The van der Waals surface area contributed by atoms with Crippen molar-refractivity contribution in [2.45, 2.75) is 13.5 Å². The minimum atomic E-state index is 0.0724. The minimum absolute atomic E-state index is 0.0724. The first-order valence-electron chi connectivity index (χ1n) is 7.84. The van der Waals surface area contributed by atoms with Gasteiger partial charge in [0, 0.05) is 31.2 Å². The van der Waals surface area contributed by atoms with Crippen LogP contribution < -0.4 is 0 Å². The van der Waals surface area contributed by atoms with Gasteiger partial charge in [-0.15, -0.1) is 5.10 Å². The topological polar surface area (TPSA) is 67.2 Å². The second-order valence-electron chi connectivity index (χ2n) is 5.58. The monoisotopic (exact) mass is 346 g/mol. The Morgan fingerprint density at radius 1 is 1.21 bits per heavy atom. The van der Waals surface area contributed by atoms with Crippen molar-refractivity contribution < 1.29 is 4.79 Å². The van der Waals surface area contributed by atoms with Crippen molar-refractivity contribution in [1.82, 2.24) is 30.0 Å². The number of benzene rings is 1. The van der Waals surface area contributed by atoms with Crippen LogP contribution in [0.3, 0.4) is 0 Å². The van der Waals surface area contributed by atoms with Gasteiger partial charge in [0.2, 0.25) is 5.91 Å².